The van der Waals surface area contributed by atoms with Crippen LogP contribution in [0, 0.1) is 0 Å². The van der Waals surface area contributed by atoms with E-state index in [1.54, 1.807) is 24.5 Å². The van der Waals surface area contributed by atoms with Crippen molar-refractivity contribution in [2.75, 3.05) is 5.32 Å². The van der Waals surface area contributed by atoms with Crippen LogP contribution in [0.2, 0.25) is 0 Å². The number of carbonyl (C=O) groups excluding carboxylic acids is 1. The van der Waals surface area contributed by atoms with Crippen molar-refractivity contribution in [1.29, 1.82) is 0 Å². The number of rotatable bonds is 6. The molecule has 29 heavy (non-hydrogen) atoms. The molecule has 0 saturated heterocycles. The Morgan fingerprint density at radius 1 is 0.655 bits per heavy atom. The van der Waals surface area contributed by atoms with Gasteiger partial charge in [0.2, 0.25) is 5.91 Å². The first-order chi connectivity index (χ1) is 14.3. The monoisotopic (exact) mass is 378 g/mol. The molecule has 1 amide bonds. The molecular weight excluding hydrogens is 356 g/mol. The van der Waals surface area contributed by atoms with Crippen LogP contribution >= 0.6 is 0 Å². The number of pyridine rings is 1. The Morgan fingerprint density at radius 2 is 1.07 bits per heavy atom. The average Bonchev–Trinajstić information content (AvgIpc) is 2.80. The van der Waals surface area contributed by atoms with Crippen molar-refractivity contribution in [2.45, 2.75) is 11.8 Å². The third-order valence-corrected chi connectivity index (χ3v) is 5.19. The minimum absolute atomic E-state index is 0.0484. The minimum atomic E-state index is -0.596. The molecule has 3 nitrogen and oxygen atoms in total. The van der Waals surface area contributed by atoms with Crippen molar-refractivity contribution in [3.8, 4) is 0 Å². The number of benzene rings is 3. The van der Waals surface area contributed by atoms with Gasteiger partial charge < -0.3 is 5.32 Å². The van der Waals surface area contributed by atoms with E-state index in [2.05, 4.69) is 46.7 Å². The molecule has 4 rings (SSSR count). The van der Waals surface area contributed by atoms with E-state index in [0.29, 0.717) is 0 Å². The fourth-order valence-corrected chi connectivity index (χ4v) is 3.86. The second-order valence-electron chi connectivity index (χ2n) is 6.96. The van der Waals surface area contributed by atoms with E-state index in [4.69, 9.17) is 0 Å². The van der Waals surface area contributed by atoms with Gasteiger partial charge in [-0.2, -0.15) is 0 Å². The van der Waals surface area contributed by atoms with Crippen LogP contribution in [0.1, 0.15) is 23.1 Å². The zero-order valence-electron chi connectivity index (χ0n) is 16.0. The third kappa shape index (κ3) is 3.94. The van der Waals surface area contributed by atoms with Crippen LogP contribution in [-0.4, -0.2) is 10.9 Å². The van der Waals surface area contributed by atoms with Crippen molar-refractivity contribution in [1.82, 2.24) is 4.98 Å². The van der Waals surface area contributed by atoms with E-state index in [9.17, 15) is 4.79 Å². The number of hydrogen-bond acceptors (Lipinski definition) is 2. The Bertz CT molecular complexity index is 952. The van der Waals surface area contributed by atoms with Crippen molar-refractivity contribution >= 4 is 11.6 Å². The first-order valence-corrected chi connectivity index (χ1v) is 9.65. The molecular formula is C26H22N2O. The minimum Gasteiger partial charge on any atom is -0.326 e. The molecule has 0 aliphatic heterocycles. The number of aromatic nitrogens is 1. The summed E-state index contributed by atoms with van der Waals surface area (Å²) in [7, 11) is 0. The van der Waals surface area contributed by atoms with Gasteiger partial charge in [-0.3, -0.25) is 9.78 Å². The number of anilines is 1. The van der Waals surface area contributed by atoms with Gasteiger partial charge in [-0.1, -0.05) is 91.0 Å². The molecule has 0 saturated carbocycles. The normalized spacial score (nSPS) is 11.0. The summed E-state index contributed by atoms with van der Waals surface area (Å²) in [6, 6.07) is 34.3. The van der Waals surface area contributed by atoms with Gasteiger partial charge >= 0.3 is 0 Å². The van der Waals surface area contributed by atoms with Crippen molar-refractivity contribution in [3.05, 3.63) is 132 Å². The van der Waals surface area contributed by atoms with E-state index in [0.717, 1.165) is 22.4 Å². The average molecular weight is 378 g/mol. The quantitative estimate of drug-likeness (QED) is 0.454. The van der Waals surface area contributed by atoms with Gasteiger partial charge in [-0.05, 0) is 28.8 Å². The lowest BCUT2D eigenvalue weighted by atomic mass is 9.67. The Kier molecular flexibility index (Phi) is 5.48. The predicted octanol–water partition coefficient (Wildman–Crippen LogP) is 5.44. The summed E-state index contributed by atoms with van der Waals surface area (Å²) in [5.41, 5.74) is 3.40. The van der Waals surface area contributed by atoms with E-state index in [1.165, 1.54) is 0 Å². The van der Waals surface area contributed by atoms with Crippen LogP contribution in [0.15, 0.2) is 116 Å². The topological polar surface area (TPSA) is 42.0 Å². The number of amides is 1. The molecule has 0 aliphatic carbocycles. The van der Waals surface area contributed by atoms with Gasteiger partial charge in [-0.15, -0.1) is 0 Å². The van der Waals surface area contributed by atoms with E-state index < -0.39 is 5.41 Å². The molecule has 3 heteroatoms. The largest absolute Gasteiger partial charge is 0.326 e. The summed E-state index contributed by atoms with van der Waals surface area (Å²) < 4.78 is 0. The summed E-state index contributed by atoms with van der Waals surface area (Å²) in [6.07, 6.45) is 3.64. The first-order valence-electron chi connectivity index (χ1n) is 9.65. The lowest BCUT2D eigenvalue weighted by molar-refractivity contribution is -0.116. The lowest BCUT2D eigenvalue weighted by Gasteiger charge is -2.35. The standard InChI is InChI=1S/C26H22N2O/c29-25(28-24-16-18-27-19-17-24)20-26(21-10-4-1-5-11-21,22-12-6-2-7-13-22)23-14-8-3-9-15-23/h1-19H,20H2,(H,27,28,29). The van der Waals surface area contributed by atoms with Crippen LogP contribution in [0.25, 0.3) is 0 Å². The zero-order valence-corrected chi connectivity index (χ0v) is 16.0. The van der Waals surface area contributed by atoms with E-state index in [-0.39, 0.29) is 12.3 Å². The first kappa shape index (κ1) is 18.6. The molecule has 0 radical (unpaired) electrons. The molecule has 0 fully saturated rings. The van der Waals surface area contributed by atoms with Gasteiger partial charge in [-0.25, -0.2) is 0 Å². The van der Waals surface area contributed by atoms with Crippen LogP contribution < -0.4 is 5.32 Å². The molecule has 0 spiro atoms. The van der Waals surface area contributed by atoms with Gasteiger partial charge in [0.25, 0.3) is 0 Å². The molecule has 1 N–H and O–H groups in total. The maximum Gasteiger partial charge on any atom is 0.225 e. The van der Waals surface area contributed by atoms with E-state index in [1.807, 2.05) is 54.6 Å². The van der Waals surface area contributed by atoms with Crippen molar-refractivity contribution in [2.24, 2.45) is 0 Å². The predicted molar refractivity (Wildman–Crippen MR) is 117 cm³/mol. The highest BCUT2D eigenvalue weighted by Gasteiger charge is 2.38. The summed E-state index contributed by atoms with van der Waals surface area (Å²) >= 11 is 0. The number of nitrogens with zero attached hydrogens (tertiary/aromatic N) is 1. The Balaban J connectivity index is 1.85. The SMILES string of the molecule is O=C(CC(c1ccccc1)(c1ccccc1)c1ccccc1)Nc1ccncc1. The van der Waals surface area contributed by atoms with Crippen LogP contribution in [0.4, 0.5) is 5.69 Å². The van der Waals surface area contributed by atoms with Crippen LogP contribution in [0.5, 0.6) is 0 Å². The third-order valence-electron chi connectivity index (χ3n) is 5.19. The molecule has 0 bridgehead atoms. The molecule has 0 aliphatic rings. The summed E-state index contributed by atoms with van der Waals surface area (Å²) in [4.78, 5) is 17.2. The summed E-state index contributed by atoms with van der Waals surface area (Å²) in [6.45, 7) is 0. The highest BCUT2D eigenvalue weighted by molar-refractivity contribution is 5.92. The van der Waals surface area contributed by atoms with Crippen LogP contribution in [0.3, 0.4) is 0 Å². The van der Waals surface area contributed by atoms with Gasteiger partial charge in [0.1, 0.15) is 0 Å². The molecule has 0 atom stereocenters. The second kappa shape index (κ2) is 8.53. The molecule has 142 valence electrons. The number of hydrogen-bond donors (Lipinski definition) is 1. The fourth-order valence-electron chi connectivity index (χ4n) is 3.86. The molecule has 0 unspecified atom stereocenters. The van der Waals surface area contributed by atoms with Crippen molar-refractivity contribution in [3.63, 3.8) is 0 Å². The Morgan fingerprint density at radius 3 is 1.48 bits per heavy atom. The second-order valence-corrected chi connectivity index (χ2v) is 6.96. The van der Waals surface area contributed by atoms with Crippen LogP contribution in [-0.2, 0) is 10.2 Å². The Labute approximate surface area is 171 Å². The number of nitrogens with one attached hydrogen (secondary N) is 1. The lowest BCUT2D eigenvalue weighted by Crippen LogP contribution is -2.34. The molecule has 4 aromatic rings. The maximum atomic E-state index is 13.2. The highest BCUT2D eigenvalue weighted by atomic mass is 16.1. The highest BCUT2D eigenvalue weighted by Crippen LogP contribution is 2.42. The molecule has 1 heterocycles. The maximum absolute atomic E-state index is 13.2. The van der Waals surface area contributed by atoms with Gasteiger partial charge in [0.15, 0.2) is 0 Å². The fraction of sp³-hybridized carbons (Fsp3) is 0.0769. The zero-order chi connectivity index (χ0) is 19.9. The summed E-state index contributed by atoms with van der Waals surface area (Å²) in [5, 5.41) is 3.03. The Hall–Kier alpha value is -3.72. The van der Waals surface area contributed by atoms with Crippen molar-refractivity contribution < 1.29 is 4.79 Å². The summed E-state index contributed by atoms with van der Waals surface area (Å²) in [5.74, 6) is -0.0484. The molecule has 3 aromatic carbocycles. The van der Waals surface area contributed by atoms with Gasteiger partial charge in [0.05, 0.1) is 5.41 Å². The number of carbonyl (C=O) groups is 1. The smallest absolute Gasteiger partial charge is 0.225 e. The molecule has 1 aromatic heterocycles. The van der Waals surface area contributed by atoms with Gasteiger partial charge in [0, 0.05) is 24.5 Å². The van der Waals surface area contributed by atoms with E-state index >= 15 is 0 Å².